The second-order valence-corrected chi connectivity index (χ2v) is 9.59. The van der Waals surface area contributed by atoms with E-state index in [1.807, 2.05) is 38.7 Å². The third-order valence-corrected chi connectivity index (χ3v) is 7.61. The predicted octanol–water partition coefficient (Wildman–Crippen LogP) is 4.74. The van der Waals surface area contributed by atoms with Gasteiger partial charge in [-0.2, -0.15) is 0 Å². The molecule has 2 N–H and O–H groups in total. The zero-order valence-corrected chi connectivity index (χ0v) is 22.3. The molecule has 5 rings (SSSR count). The first-order valence-corrected chi connectivity index (χ1v) is 13.8. The number of piperidine rings is 1. The summed E-state index contributed by atoms with van der Waals surface area (Å²) in [5, 5.41) is 12.8. The molecule has 2 aromatic rings. The van der Waals surface area contributed by atoms with E-state index >= 15 is 0 Å². The monoisotopic (exact) mass is 505 g/mol. The minimum atomic E-state index is -0.187. The van der Waals surface area contributed by atoms with Crippen molar-refractivity contribution in [1.29, 1.82) is 0 Å². The van der Waals surface area contributed by atoms with Crippen molar-refractivity contribution in [1.82, 2.24) is 14.8 Å². The van der Waals surface area contributed by atoms with Crippen molar-refractivity contribution < 1.29 is 14.3 Å². The van der Waals surface area contributed by atoms with Gasteiger partial charge in [-0.1, -0.05) is 33.8 Å². The zero-order valence-electron chi connectivity index (χ0n) is 21.5. The number of thiazole rings is 1. The molecule has 1 aromatic heterocycles. The highest BCUT2D eigenvalue weighted by Gasteiger charge is 2.31. The van der Waals surface area contributed by atoms with E-state index in [1.165, 1.54) is 27.8 Å². The van der Waals surface area contributed by atoms with E-state index in [-0.39, 0.29) is 18.5 Å². The highest BCUT2D eigenvalue weighted by Crippen LogP contribution is 2.33. The summed E-state index contributed by atoms with van der Waals surface area (Å²) < 4.78 is 13.7. The summed E-state index contributed by atoms with van der Waals surface area (Å²) in [5.74, 6) is -0.187. The highest BCUT2D eigenvalue weighted by atomic mass is 32.1. The maximum Gasteiger partial charge on any atom is 0.323 e. The van der Waals surface area contributed by atoms with Gasteiger partial charge in [-0.05, 0) is 37.0 Å². The standard InChI is InChI=1S/C22H28FN5O2S.2C2H6/c23-16-2-1-15-3-10-28(19(15)13-16)17-4-8-27(9-5-17)22(30)25-21-24-18-6-7-26(11-12-29)14-20(18)31-21;2*1-2/h1-2,13,17,29H,3-12,14H2,(H,24,25,30);2*1-2H3. The average molecular weight is 506 g/mol. The van der Waals surface area contributed by atoms with Crippen LogP contribution in [0.4, 0.5) is 20.0 Å². The number of β-amino-alcohol motifs (C(OH)–C–C–N with tert-alkyl or cyclic N) is 1. The first-order valence-electron chi connectivity index (χ1n) is 13.0. The molecule has 3 aliphatic rings. The lowest BCUT2D eigenvalue weighted by atomic mass is 10.0. The molecule has 0 saturated carbocycles. The fraction of sp³-hybridized carbons (Fsp3) is 0.615. The molecule has 0 unspecified atom stereocenters. The lowest BCUT2D eigenvalue weighted by Gasteiger charge is -2.38. The number of hydrogen-bond acceptors (Lipinski definition) is 6. The molecule has 1 aromatic carbocycles. The van der Waals surface area contributed by atoms with E-state index in [9.17, 15) is 9.18 Å². The van der Waals surface area contributed by atoms with Crippen molar-refractivity contribution in [3.05, 3.63) is 40.2 Å². The predicted molar refractivity (Wildman–Crippen MR) is 142 cm³/mol. The number of aromatic nitrogens is 1. The van der Waals surface area contributed by atoms with Gasteiger partial charge in [0.15, 0.2) is 5.13 Å². The smallest absolute Gasteiger partial charge is 0.323 e. The molecule has 3 aliphatic heterocycles. The van der Waals surface area contributed by atoms with Gasteiger partial charge in [0.05, 0.1) is 12.3 Å². The lowest BCUT2D eigenvalue weighted by molar-refractivity contribution is 0.185. The summed E-state index contributed by atoms with van der Waals surface area (Å²) in [4.78, 5) is 25.0. The molecule has 0 atom stereocenters. The second kappa shape index (κ2) is 13.2. The van der Waals surface area contributed by atoms with Crippen LogP contribution >= 0.6 is 11.3 Å². The topological polar surface area (TPSA) is 71.9 Å². The van der Waals surface area contributed by atoms with Crippen LogP contribution in [-0.4, -0.2) is 71.3 Å². The van der Waals surface area contributed by atoms with Crippen LogP contribution in [-0.2, 0) is 19.4 Å². The third kappa shape index (κ3) is 6.51. The maximum atomic E-state index is 13.7. The highest BCUT2D eigenvalue weighted by molar-refractivity contribution is 7.15. The molecule has 1 fully saturated rings. The Morgan fingerprint density at radius 3 is 2.60 bits per heavy atom. The fourth-order valence-electron chi connectivity index (χ4n) is 4.94. The quantitative estimate of drug-likeness (QED) is 0.628. The molecule has 7 nitrogen and oxygen atoms in total. The molecule has 0 spiro atoms. The molecule has 35 heavy (non-hydrogen) atoms. The van der Waals surface area contributed by atoms with Gasteiger partial charge in [-0.25, -0.2) is 14.2 Å². The van der Waals surface area contributed by atoms with Crippen LogP contribution < -0.4 is 10.2 Å². The van der Waals surface area contributed by atoms with E-state index in [2.05, 4.69) is 20.1 Å². The molecule has 4 heterocycles. The Morgan fingerprint density at radius 2 is 1.89 bits per heavy atom. The third-order valence-electron chi connectivity index (χ3n) is 6.61. The van der Waals surface area contributed by atoms with Crippen LogP contribution in [0.3, 0.4) is 0 Å². The molecule has 1 saturated heterocycles. The maximum absolute atomic E-state index is 13.7. The van der Waals surface area contributed by atoms with E-state index in [0.717, 1.165) is 56.7 Å². The molecule has 0 aliphatic carbocycles. The van der Waals surface area contributed by atoms with Crippen molar-refractivity contribution >= 4 is 28.2 Å². The van der Waals surface area contributed by atoms with Crippen LogP contribution in [0.2, 0.25) is 0 Å². The number of aliphatic hydroxyl groups excluding tert-OH is 1. The number of rotatable bonds is 4. The first kappa shape index (κ1) is 27.4. The second-order valence-electron chi connectivity index (χ2n) is 8.50. The van der Waals surface area contributed by atoms with Gasteiger partial charge in [-0.3, -0.25) is 10.2 Å². The van der Waals surface area contributed by atoms with Crippen LogP contribution in [0.5, 0.6) is 0 Å². The number of urea groups is 1. The van der Waals surface area contributed by atoms with E-state index in [4.69, 9.17) is 5.11 Å². The van der Waals surface area contributed by atoms with Gasteiger partial charge in [0.2, 0.25) is 0 Å². The first-order chi connectivity index (χ1) is 17.1. The summed E-state index contributed by atoms with van der Waals surface area (Å²) in [6.07, 6.45) is 3.58. The van der Waals surface area contributed by atoms with E-state index < -0.39 is 0 Å². The number of halogens is 1. The Bertz CT molecular complexity index is 961. The summed E-state index contributed by atoms with van der Waals surface area (Å²) >= 11 is 1.54. The van der Waals surface area contributed by atoms with Crippen molar-refractivity contribution in [2.45, 2.75) is 66.0 Å². The molecule has 0 bridgehead atoms. The summed E-state index contributed by atoms with van der Waals surface area (Å²) in [6, 6.07) is 5.33. The van der Waals surface area contributed by atoms with Gasteiger partial charge in [-0.15, -0.1) is 11.3 Å². The number of fused-ring (bicyclic) bond motifs is 2. The van der Waals surface area contributed by atoms with E-state index in [1.54, 1.807) is 6.07 Å². The summed E-state index contributed by atoms with van der Waals surface area (Å²) in [5.41, 5.74) is 3.30. The number of nitrogens with zero attached hydrogens (tertiary/aromatic N) is 4. The molecule has 194 valence electrons. The number of hydrogen-bond donors (Lipinski definition) is 2. The minimum absolute atomic E-state index is 0.0929. The Morgan fingerprint density at radius 1 is 1.14 bits per heavy atom. The zero-order chi connectivity index (χ0) is 25.4. The number of anilines is 2. The van der Waals surface area contributed by atoms with Crippen molar-refractivity contribution in [2.24, 2.45) is 0 Å². The number of aliphatic hydroxyl groups is 1. The Hall–Kier alpha value is -2.23. The molecule has 2 amide bonds. The number of benzene rings is 1. The molecule has 0 radical (unpaired) electrons. The van der Waals surface area contributed by atoms with Gasteiger partial charge in [0, 0.05) is 62.3 Å². The SMILES string of the molecule is CC.CC.O=C(Nc1nc2c(s1)CN(CCO)CC2)N1CCC(N2CCc3ccc(F)cc32)CC1. The molecular weight excluding hydrogens is 465 g/mol. The van der Waals surface area contributed by atoms with Crippen molar-refractivity contribution in [3.8, 4) is 0 Å². The van der Waals surface area contributed by atoms with E-state index in [0.29, 0.717) is 30.8 Å². The minimum Gasteiger partial charge on any atom is -0.395 e. The van der Waals surface area contributed by atoms with Crippen molar-refractivity contribution in [2.75, 3.05) is 49.5 Å². The van der Waals surface area contributed by atoms with Gasteiger partial charge < -0.3 is 14.9 Å². The number of carbonyl (C=O) groups is 1. The Kier molecular flexibility index (Phi) is 10.3. The van der Waals surface area contributed by atoms with Crippen LogP contribution in [0.25, 0.3) is 0 Å². The number of carbonyl (C=O) groups excluding carboxylic acids is 1. The van der Waals surface area contributed by atoms with Gasteiger partial charge in [0.1, 0.15) is 5.82 Å². The summed E-state index contributed by atoms with van der Waals surface area (Å²) in [7, 11) is 0. The Balaban J connectivity index is 0.000000815. The van der Waals surface area contributed by atoms with Crippen molar-refractivity contribution in [3.63, 3.8) is 0 Å². The van der Waals surface area contributed by atoms with Gasteiger partial charge in [0.25, 0.3) is 0 Å². The number of likely N-dealkylation sites (tertiary alicyclic amines) is 1. The Labute approximate surface area is 212 Å². The lowest BCUT2D eigenvalue weighted by Crippen LogP contribution is -2.47. The summed E-state index contributed by atoms with van der Waals surface area (Å²) in [6.45, 7) is 12.8. The number of nitrogens with one attached hydrogen (secondary N) is 1. The fourth-order valence-corrected chi connectivity index (χ4v) is 5.98. The van der Waals surface area contributed by atoms with Gasteiger partial charge >= 0.3 is 6.03 Å². The molecule has 9 heteroatoms. The largest absolute Gasteiger partial charge is 0.395 e. The normalized spacial score (nSPS) is 17.5. The van der Waals surface area contributed by atoms with Crippen LogP contribution in [0.15, 0.2) is 18.2 Å². The van der Waals surface area contributed by atoms with Crippen LogP contribution in [0, 0.1) is 5.82 Å². The average Bonchev–Trinajstić information content (AvgIpc) is 3.49. The molecular formula is C26H40FN5O2S. The number of amides is 2. The van der Waals surface area contributed by atoms with Crippen LogP contribution in [0.1, 0.15) is 56.7 Å².